The lowest BCUT2D eigenvalue weighted by atomic mass is 9.90. The number of aromatic nitrogens is 2. The molecule has 0 atom stereocenters. The third kappa shape index (κ3) is 1.84. The van der Waals surface area contributed by atoms with E-state index < -0.39 is 0 Å². The Bertz CT molecular complexity index is 607. The molecule has 1 N–H and O–H groups in total. The molecule has 1 aromatic carbocycles. The van der Waals surface area contributed by atoms with Crippen LogP contribution >= 0.6 is 12.2 Å². The molecule has 3 rings (SSSR count). The van der Waals surface area contributed by atoms with Gasteiger partial charge in [0.15, 0.2) is 4.77 Å². The average Bonchev–Trinajstić information content (AvgIpc) is 2.68. The zero-order chi connectivity index (χ0) is 11.8. The number of nitrogens with zero attached hydrogens (tertiary/aromatic N) is 1. The van der Waals surface area contributed by atoms with E-state index in [4.69, 9.17) is 12.2 Å². The predicted octanol–water partition coefficient (Wildman–Crippen LogP) is 3.72. The summed E-state index contributed by atoms with van der Waals surface area (Å²) < 4.78 is 2.90. The summed E-state index contributed by atoms with van der Waals surface area (Å²) in [4.78, 5) is 3.19. The van der Waals surface area contributed by atoms with Crippen LogP contribution in [0.1, 0.15) is 29.7 Å². The SMILES string of the molecule is Cc1cn(-c2cccc3c2CCCC3)c(=S)[nH]1. The highest BCUT2D eigenvalue weighted by Crippen LogP contribution is 2.27. The molecule has 0 radical (unpaired) electrons. The second kappa shape index (κ2) is 4.15. The lowest BCUT2D eigenvalue weighted by Crippen LogP contribution is -2.07. The first-order valence-corrected chi connectivity index (χ1v) is 6.56. The molecule has 0 amide bonds. The summed E-state index contributed by atoms with van der Waals surface area (Å²) in [6, 6.07) is 6.57. The molecule has 0 spiro atoms. The van der Waals surface area contributed by atoms with Crippen molar-refractivity contribution in [3.63, 3.8) is 0 Å². The Kier molecular flexibility index (Phi) is 2.63. The van der Waals surface area contributed by atoms with Gasteiger partial charge in [0.1, 0.15) is 0 Å². The number of hydrogen-bond donors (Lipinski definition) is 1. The van der Waals surface area contributed by atoms with Crippen LogP contribution < -0.4 is 0 Å². The molecule has 88 valence electrons. The zero-order valence-electron chi connectivity index (χ0n) is 9.99. The van der Waals surface area contributed by atoms with E-state index in [0.717, 1.165) is 10.5 Å². The van der Waals surface area contributed by atoms with Crippen LogP contribution in [0.4, 0.5) is 0 Å². The van der Waals surface area contributed by atoms with E-state index in [0.29, 0.717) is 0 Å². The molecule has 17 heavy (non-hydrogen) atoms. The van der Waals surface area contributed by atoms with Crippen LogP contribution in [0.15, 0.2) is 24.4 Å². The number of rotatable bonds is 1. The van der Waals surface area contributed by atoms with Crippen molar-refractivity contribution in [1.82, 2.24) is 9.55 Å². The number of hydrogen-bond acceptors (Lipinski definition) is 1. The van der Waals surface area contributed by atoms with Gasteiger partial charge in [-0.25, -0.2) is 0 Å². The zero-order valence-corrected chi connectivity index (χ0v) is 10.8. The minimum Gasteiger partial charge on any atom is -0.335 e. The standard InChI is InChI=1S/C14H16N2S/c1-10-9-16(14(17)15-10)13-8-4-6-11-5-2-3-7-12(11)13/h4,6,8-9H,2-3,5,7H2,1H3,(H,15,17). The number of fused-ring (bicyclic) bond motifs is 1. The lowest BCUT2D eigenvalue weighted by molar-refractivity contribution is 0.681. The second-order valence-electron chi connectivity index (χ2n) is 4.73. The molecule has 3 heteroatoms. The molecule has 1 aliphatic carbocycles. The maximum Gasteiger partial charge on any atom is 0.181 e. The van der Waals surface area contributed by atoms with Crippen molar-refractivity contribution < 1.29 is 0 Å². The Morgan fingerprint density at radius 1 is 1.24 bits per heavy atom. The van der Waals surface area contributed by atoms with Crippen molar-refractivity contribution >= 4 is 12.2 Å². The normalized spacial score (nSPS) is 14.6. The van der Waals surface area contributed by atoms with Gasteiger partial charge in [-0.1, -0.05) is 12.1 Å². The smallest absolute Gasteiger partial charge is 0.181 e. The van der Waals surface area contributed by atoms with Gasteiger partial charge in [-0.2, -0.15) is 0 Å². The van der Waals surface area contributed by atoms with E-state index in [-0.39, 0.29) is 0 Å². The van der Waals surface area contributed by atoms with Crippen LogP contribution in [0.5, 0.6) is 0 Å². The van der Waals surface area contributed by atoms with Crippen molar-refractivity contribution in [3.05, 3.63) is 46.0 Å². The van der Waals surface area contributed by atoms with Crippen molar-refractivity contribution in [2.45, 2.75) is 32.6 Å². The molecule has 1 heterocycles. The van der Waals surface area contributed by atoms with E-state index in [1.54, 1.807) is 0 Å². The first kappa shape index (κ1) is 10.8. The molecule has 2 nitrogen and oxygen atoms in total. The van der Waals surface area contributed by atoms with Crippen molar-refractivity contribution in [2.75, 3.05) is 0 Å². The summed E-state index contributed by atoms with van der Waals surface area (Å²) in [6.45, 7) is 2.04. The van der Waals surface area contributed by atoms with Crippen LogP contribution in [0.25, 0.3) is 5.69 Å². The molecular weight excluding hydrogens is 228 g/mol. The van der Waals surface area contributed by atoms with Crippen LogP contribution in [0.3, 0.4) is 0 Å². The Labute approximate surface area is 106 Å². The van der Waals surface area contributed by atoms with Crippen molar-refractivity contribution in [2.24, 2.45) is 0 Å². The van der Waals surface area contributed by atoms with Gasteiger partial charge in [0.25, 0.3) is 0 Å². The van der Waals surface area contributed by atoms with Gasteiger partial charge in [0.05, 0.1) is 5.69 Å². The summed E-state index contributed by atoms with van der Waals surface area (Å²) in [5.41, 5.74) is 5.35. The molecule has 0 unspecified atom stereocenters. The first-order valence-electron chi connectivity index (χ1n) is 6.15. The molecule has 0 saturated carbocycles. The van der Waals surface area contributed by atoms with Gasteiger partial charge in [0.2, 0.25) is 0 Å². The van der Waals surface area contributed by atoms with Crippen molar-refractivity contribution in [3.8, 4) is 5.69 Å². The highest BCUT2D eigenvalue weighted by molar-refractivity contribution is 7.71. The predicted molar refractivity (Wildman–Crippen MR) is 72.3 cm³/mol. The molecule has 0 bridgehead atoms. The largest absolute Gasteiger partial charge is 0.335 e. The van der Waals surface area contributed by atoms with Crippen LogP contribution in [-0.4, -0.2) is 9.55 Å². The Balaban J connectivity index is 2.21. The number of benzene rings is 1. The quantitative estimate of drug-likeness (QED) is 0.758. The highest BCUT2D eigenvalue weighted by atomic mass is 32.1. The van der Waals surface area contributed by atoms with E-state index in [1.165, 1.54) is 42.5 Å². The van der Waals surface area contributed by atoms with Gasteiger partial charge in [-0.05, 0) is 62.0 Å². The summed E-state index contributed by atoms with van der Waals surface area (Å²) in [5, 5.41) is 0. The number of imidazole rings is 1. The third-order valence-electron chi connectivity index (χ3n) is 3.48. The molecule has 1 aromatic heterocycles. The third-order valence-corrected chi connectivity index (χ3v) is 3.78. The highest BCUT2D eigenvalue weighted by Gasteiger charge is 2.14. The summed E-state index contributed by atoms with van der Waals surface area (Å²) in [7, 11) is 0. The lowest BCUT2D eigenvalue weighted by Gasteiger charge is -2.19. The Morgan fingerprint density at radius 3 is 2.82 bits per heavy atom. The number of nitrogens with one attached hydrogen (secondary N) is 1. The van der Waals surface area contributed by atoms with Crippen molar-refractivity contribution in [1.29, 1.82) is 0 Å². The van der Waals surface area contributed by atoms with E-state index >= 15 is 0 Å². The molecule has 0 saturated heterocycles. The number of aromatic amines is 1. The summed E-state index contributed by atoms with van der Waals surface area (Å²) in [5.74, 6) is 0. The monoisotopic (exact) mass is 244 g/mol. The first-order chi connectivity index (χ1) is 8.25. The van der Waals surface area contributed by atoms with Gasteiger partial charge >= 0.3 is 0 Å². The number of H-pyrrole nitrogens is 1. The van der Waals surface area contributed by atoms with E-state index in [9.17, 15) is 0 Å². The van der Waals surface area contributed by atoms with Crippen LogP contribution in [0.2, 0.25) is 0 Å². The summed E-state index contributed by atoms with van der Waals surface area (Å²) in [6.07, 6.45) is 7.08. The van der Waals surface area contributed by atoms with E-state index in [1.807, 2.05) is 6.92 Å². The molecule has 0 aliphatic heterocycles. The van der Waals surface area contributed by atoms with E-state index in [2.05, 4.69) is 33.9 Å². The van der Waals surface area contributed by atoms with Gasteiger partial charge in [0, 0.05) is 11.9 Å². The maximum atomic E-state index is 5.37. The molecular formula is C14H16N2S. The van der Waals surface area contributed by atoms with Gasteiger partial charge in [-0.3, -0.25) is 4.57 Å². The summed E-state index contributed by atoms with van der Waals surface area (Å²) >= 11 is 5.37. The molecule has 2 aromatic rings. The minimum absolute atomic E-state index is 0.793. The number of aryl methyl sites for hydroxylation is 2. The Morgan fingerprint density at radius 2 is 2.06 bits per heavy atom. The van der Waals surface area contributed by atoms with Gasteiger partial charge in [-0.15, -0.1) is 0 Å². The van der Waals surface area contributed by atoms with Gasteiger partial charge < -0.3 is 4.98 Å². The topological polar surface area (TPSA) is 20.7 Å². The van der Waals surface area contributed by atoms with Crippen LogP contribution in [-0.2, 0) is 12.8 Å². The molecule has 1 aliphatic rings. The fraction of sp³-hybridized carbons (Fsp3) is 0.357. The minimum atomic E-state index is 0.793. The molecule has 0 fully saturated rings. The average molecular weight is 244 g/mol. The fourth-order valence-corrected chi connectivity index (χ4v) is 2.99. The van der Waals surface area contributed by atoms with Crippen LogP contribution in [0, 0.1) is 11.7 Å². The fourth-order valence-electron chi connectivity index (χ4n) is 2.68. The second-order valence-corrected chi connectivity index (χ2v) is 5.12. The maximum absolute atomic E-state index is 5.37. The Hall–Kier alpha value is -1.35.